The predicted molar refractivity (Wildman–Crippen MR) is 63.4 cm³/mol. The molecular weight excluding hydrogens is 257 g/mol. The normalized spacial score (nSPS) is 12.3. The maximum absolute atomic E-state index is 13.6. The molecule has 2 aromatic carbocycles. The first-order valence-electron chi connectivity index (χ1n) is 5.50. The van der Waals surface area contributed by atoms with Crippen LogP contribution in [-0.4, -0.2) is 12.2 Å². The Morgan fingerprint density at radius 3 is 2.26 bits per heavy atom. The third kappa shape index (κ3) is 2.56. The van der Waals surface area contributed by atoms with Crippen molar-refractivity contribution in [1.29, 1.82) is 0 Å². The molecule has 0 aliphatic heterocycles. The summed E-state index contributed by atoms with van der Waals surface area (Å²) >= 11 is 0. The molecule has 19 heavy (non-hydrogen) atoms. The zero-order valence-electron chi connectivity index (χ0n) is 10.0. The van der Waals surface area contributed by atoms with Gasteiger partial charge in [-0.2, -0.15) is 0 Å². The van der Waals surface area contributed by atoms with E-state index >= 15 is 0 Å². The molecule has 0 spiro atoms. The molecule has 0 aliphatic carbocycles. The van der Waals surface area contributed by atoms with Crippen LogP contribution >= 0.6 is 0 Å². The molecule has 0 saturated carbocycles. The highest BCUT2D eigenvalue weighted by Crippen LogP contribution is 2.31. The first-order chi connectivity index (χ1) is 9.04. The second-order valence-electron chi connectivity index (χ2n) is 3.93. The van der Waals surface area contributed by atoms with Gasteiger partial charge < -0.3 is 9.84 Å². The first kappa shape index (κ1) is 13.4. The summed E-state index contributed by atoms with van der Waals surface area (Å²) in [6, 6.07) is 7.45. The first-order valence-corrected chi connectivity index (χ1v) is 5.50. The Morgan fingerprint density at radius 1 is 0.947 bits per heavy atom. The summed E-state index contributed by atoms with van der Waals surface area (Å²) in [6.45, 7) is 0. The van der Waals surface area contributed by atoms with Crippen molar-refractivity contribution in [2.24, 2.45) is 0 Å². The fourth-order valence-corrected chi connectivity index (χ4v) is 1.81. The SMILES string of the molecule is COc1ccccc1C(O)c1cc(F)c(F)cc1F. The molecule has 0 radical (unpaired) electrons. The fraction of sp³-hybridized carbons (Fsp3) is 0.143. The Labute approximate surface area is 108 Å². The van der Waals surface area contributed by atoms with Crippen molar-refractivity contribution in [1.82, 2.24) is 0 Å². The molecule has 2 aromatic rings. The van der Waals surface area contributed by atoms with Crippen LogP contribution < -0.4 is 4.74 Å². The van der Waals surface area contributed by atoms with Crippen molar-refractivity contribution in [3.05, 3.63) is 65.0 Å². The molecule has 0 aromatic heterocycles. The van der Waals surface area contributed by atoms with Gasteiger partial charge in [-0.1, -0.05) is 18.2 Å². The van der Waals surface area contributed by atoms with Crippen LogP contribution in [0.4, 0.5) is 13.2 Å². The summed E-state index contributed by atoms with van der Waals surface area (Å²) in [4.78, 5) is 0. The molecule has 1 unspecified atom stereocenters. The van der Waals surface area contributed by atoms with Crippen LogP contribution in [0, 0.1) is 17.5 Å². The molecule has 0 aliphatic rings. The zero-order valence-corrected chi connectivity index (χ0v) is 10.0. The lowest BCUT2D eigenvalue weighted by Gasteiger charge is -2.15. The van der Waals surface area contributed by atoms with E-state index in [1.54, 1.807) is 18.2 Å². The number of benzene rings is 2. The van der Waals surface area contributed by atoms with E-state index in [1.165, 1.54) is 13.2 Å². The molecule has 0 amide bonds. The third-order valence-corrected chi connectivity index (χ3v) is 2.77. The molecule has 0 bridgehead atoms. The topological polar surface area (TPSA) is 29.5 Å². The molecule has 5 heteroatoms. The van der Waals surface area contributed by atoms with Gasteiger partial charge in [-0.05, 0) is 12.1 Å². The standard InChI is InChI=1S/C14H11F3O2/c1-19-13-5-3-2-4-8(13)14(18)9-6-11(16)12(17)7-10(9)15/h2-7,14,18H,1H3. The van der Waals surface area contributed by atoms with E-state index in [-0.39, 0.29) is 11.1 Å². The van der Waals surface area contributed by atoms with Crippen molar-refractivity contribution >= 4 is 0 Å². The molecule has 0 heterocycles. The molecule has 100 valence electrons. The number of aliphatic hydroxyl groups is 1. The Balaban J connectivity index is 2.50. The van der Waals surface area contributed by atoms with Gasteiger partial charge in [0.25, 0.3) is 0 Å². The number of aliphatic hydroxyl groups excluding tert-OH is 1. The van der Waals surface area contributed by atoms with Gasteiger partial charge in [0, 0.05) is 17.2 Å². The van der Waals surface area contributed by atoms with Crippen molar-refractivity contribution < 1.29 is 23.0 Å². The Morgan fingerprint density at radius 2 is 1.58 bits per heavy atom. The highest BCUT2D eigenvalue weighted by molar-refractivity contribution is 5.40. The van der Waals surface area contributed by atoms with E-state index in [0.29, 0.717) is 17.9 Å². The maximum atomic E-state index is 13.6. The van der Waals surface area contributed by atoms with Crippen LogP contribution in [0.15, 0.2) is 36.4 Å². The van der Waals surface area contributed by atoms with Gasteiger partial charge in [-0.15, -0.1) is 0 Å². The summed E-state index contributed by atoms with van der Waals surface area (Å²) in [5.74, 6) is -3.20. The van der Waals surface area contributed by atoms with Crippen LogP contribution in [0.25, 0.3) is 0 Å². The number of hydrogen-bond acceptors (Lipinski definition) is 2. The Bertz CT molecular complexity index is 599. The highest BCUT2D eigenvalue weighted by Gasteiger charge is 2.20. The minimum absolute atomic E-state index is 0.273. The quantitative estimate of drug-likeness (QED) is 0.866. The summed E-state index contributed by atoms with van der Waals surface area (Å²) in [7, 11) is 1.40. The van der Waals surface area contributed by atoms with Gasteiger partial charge >= 0.3 is 0 Å². The largest absolute Gasteiger partial charge is 0.496 e. The number of rotatable bonds is 3. The third-order valence-electron chi connectivity index (χ3n) is 2.77. The van der Waals surface area contributed by atoms with E-state index in [0.717, 1.165) is 0 Å². The second kappa shape index (κ2) is 5.32. The fourth-order valence-electron chi connectivity index (χ4n) is 1.81. The molecule has 2 rings (SSSR count). The average Bonchev–Trinajstić information content (AvgIpc) is 2.42. The lowest BCUT2D eigenvalue weighted by Crippen LogP contribution is -2.06. The van der Waals surface area contributed by atoms with Gasteiger partial charge in [0.2, 0.25) is 0 Å². The smallest absolute Gasteiger partial charge is 0.161 e. The molecular formula is C14H11F3O2. The highest BCUT2D eigenvalue weighted by atomic mass is 19.2. The number of hydrogen-bond donors (Lipinski definition) is 1. The van der Waals surface area contributed by atoms with Crippen molar-refractivity contribution in [3.8, 4) is 5.75 Å². The summed E-state index contributed by atoms with van der Waals surface area (Å²) in [5.41, 5.74) is -0.0710. The van der Waals surface area contributed by atoms with Crippen LogP contribution in [0.1, 0.15) is 17.2 Å². The predicted octanol–water partition coefficient (Wildman–Crippen LogP) is 3.19. The van der Waals surface area contributed by atoms with Crippen molar-refractivity contribution in [3.63, 3.8) is 0 Å². The Hall–Kier alpha value is -2.01. The zero-order chi connectivity index (χ0) is 14.0. The monoisotopic (exact) mass is 268 g/mol. The van der Waals surface area contributed by atoms with Crippen LogP contribution in [0.3, 0.4) is 0 Å². The van der Waals surface area contributed by atoms with E-state index < -0.39 is 23.6 Å². The Kier molecular flexibility index (Phi) is 3.76. The molecule has 2 nitrogen and oxygen atoms in total. The average molecular weight is 268 g/mol. The van der Waals surface area contributed by atoms with Gasteiger partial charge in [-0.25, -0.2) is 13.2 Å². The van der Waals surface area contributed by atoms with E-state index in [4.69, 9.17) is 4.74 Å². The summed E-state index contributed by atoms with van der Waals surface area (Å²) in [5, 5.41) is 10.1. The maximum Gasteiger partial charge on any atom is 0.161 e. The van der Waals surface area contributed by atoms with Crippen molar-refractivity contribution in [2.75, 3.05) is 7.11 Å². The minimum Gasteiger partial charge on any atom is -0.496 e. The van der Waals surface area contributed by atoms with Crippen molar-refractivity contribution in [2.45, 2.75) is 6.10 Å². The van der Waals surface area contributed by atoms with E-state index in [9.17, 15) is 18.3 Å². The van der Waals surface area contributed by atoms with E-state index in [1.807, 2.05) is 0 Å². The van der Waals surface area contributed by atoms with Gasteiger partial charge in [0.1, 0.15) is 17.7 Å². The van der Waals surface area contributed by atoms with Gasteiger partial charge in [0.15, 0.2) is 11.6 Å². The lowest BCUT2D eigenvalue weighted by molar-refractivity contribution is 0.208. The summed E-state index contributed by atoms with van der Waals surface area (Å²) in [6.07, 6.45) is -1.44. The number of para-hydroxylation sites is 1. The van der Waals surface area contributed by atoms with Crippen LogP contribution in [-0.2, 0) is 0 Å². The minimum atomic E-state index is -1.44. The molecule has 1 atom stereocenters. The number of ether oxygens (including phenoxy) is 1. The summed E-state index contributed by atoms with van der Waals surface area (Å²) < 4.78 is 44.6. The number of methoxy groups -OCH3 is 1. The van der Waals surface area contributed by atoms with Gasteiger partial charge in [-0.3, -0.25) is 0 Å². The second-order valence-corrected chi connectivity index (χ2v) is 3.93. The van der Waals surface area contributed by atoms with Gasteiger partial charge in [0.05, 0.1) is 7.11 Å². The van der Waals surface area contributed by atoms with E-state index in [2.05, 4.69) is 0 Å². The van der Waals surface area contributed by atoms with Crippen LogP contribution in [0.2, 0.25) is 0 Å². The molecule has 0 fully saturated rings. The molecule has 1 N–H and O–H groups in total. The lowest BCUT2D eigenvalue weighted by atomic mass is 10.00. The molecule has 0 saturated heterocycles. The van der Waals surface area contributed by atoms with Crippen LogP contribution in [0.5, 0.6) is 5.75 Å². The number of halogens is 3.